The molecule has 0 spiro atoms. The maximum Gasteiger partial charge on any atom is -1.00 e. The van der Waals surface area contributed by atoms with Crippen LogP contribution in [0.3, 0.4) is 0 Å². The van der Waals surface area contributed by atoms with Crippen LogP contribution in [0.25, 0.3) is 0 Å². The fraction of sp³-hybridized carbons (Fsp3) is 1.00. The number of rotatable bonds is 0. The summed E-state index contributed by atoms with van der Waals surface area (Å²) in [5.41, 5.74) is 0.0817. The zero-order valence-corrected chi connectivity index (χ0v) is 10.7. The molecule has 0 aromatic heterocycles. The van der Waals surface area contributed by atoms with Crippen LogP contribution in [0.2, 0.25) is 0 Å². The van der Waals surface area contributed by atoms with E-state index in [0.717, 1.165) is 22.9 Å². The van der Waals surface area contributed by atoms with Crippen molar-refractivity contribution in [1.29, 1.82) is 0 Å². The average molecular weight is 298 g/mol. The molecule has 0 saturated carbocycles. The van der Waals surface area contributed by atoms with Gasteiger partial charge < -0.3 is 37.2 Å². The summed E-state index contributed by atoms with van der Waals surface area (Å²) in [4.78, 5) is 0. The molecule has 0 bridgehead atoms. The van der Waals surface area contributed by atoms with Gasteiger partial charge in [-0.3, -0.25) is 0 Å². The zero-order chi connectivity index (χ0) is 5.21. The van der Waals surface area contributed by atoms with Crippen LogP contribution < -0.4 is 37.2 Å². The topological polar surface area (TPSA) is 9.23 Å². The van der Waals surface area contributed by atoms with E-state index >= 15 is 0 Å². The predicted molar refractivity (Wildman–Crippen MR) is 26.6 cm³/mol. The molecular weight excluding hydrogens is 289 g/mol. The summed E-state index contributed by atoms with van der Waals surface area (Å²) in [5.74, 6) is 0. The molecule has 1 nitrogen and oxygen atoms in total. The summed E-state index contributed by atoms with van der Waals surface area (Å²) in [6.45, 7) is 6.13. The van der Waals surface area contributed by atoms with E-state index in [9.17, 15) is 0 Å². The molecule has 0 atom stereocenters. The molecule has 0 aromatic carbocycles. The van der Waals surface area contributed by atoms with E-state index in [0.29, 0.717) is 0 Å². The van der Waals surface area contributed by atoms with Crippen LogP contribution in [0.1, 0.15) is 20.8 Å². The minimum absolute atomic E-state index is 0. The first-order valence-electron chi connectivity index (χ1n) is 1.91. The third-order valence-electron chi connectivity index (χ3n) is 0.306. The SMILES string of the molecule is CC(C)(C)[O][Sn+3].[Cl-].[Cl-].[Cl-]. The van der Waals surface area contributed by atoms with E-state index in [4.69, 9.17) is 3.07 Å². The minimum Gasteiger partial charge on any atom is -1.00 e. The molecule has 56 valence electrons. The molecule has 0 aromatic rings. The first kappa shape index (κ1) is 22.4. The Hall–Kier alpha value is 1.63. The molecule has 0 N–H and O–H groups in total. The van der Waals surface area contributed by atoms with Gasteiger partial charge in [-0.05, 0) is 0 Å². The molecule has 0 aliphatic rings. The van der Waals surface area contributed by atoms with Crippen LogP contribution in [0.15, 0.2) is 0 Å². The first-order chi connectivity index (χ1) is 2.56. The second-order valence-electron chi connectivity index (χ2n) is 2.21. The van der Waals surface area contributed by atoms with Gasteiger partial charge in [-0.1, -0.05) is 0 Å². The van der Waals surface area contributed by atoms with Crippen LogP contribution >= 0.6 is 0 Å². The van der Waals surface area contributed by atoms with E-state index < -0.39 is 0 Å². The quantitative estimate of drug-likeness (QED) is 0.404. The van der Waals surface area contributed by atoms with E-state index in [2.05, 4.69) is 0 Å². The monoisotopic (exact) mass is 298 g/mol. The molecule has 0 radical (unpaired) electrons. The van der Waals surface area contributed by atoms with Gasteiger partial charge in [-0.2, -0.15) is 0 Å². The van der Waals surface area contributed by atoms with Crippen molar-refractivity contribution < 1.29 is 40.3 Å². The van der Waals surface area contributed by atoms with Gasteiger partial charge in [0.05, 0.1) is 0 Å². The molecule has 0 aliphatic carbocycles. The van der Waals surface area contributed by atoms with Crippen LogP contribution in [0.5, 0.6) is 0 Å². The average Bonchev–Trinajstić information content (AvgIpc) is 1.35. The Morgan fingerprint density at radius 3 is 1.11 bits per heavy atom. The molecule has 0 amide bonds. The van der Waals surface area contributed by atoms with Crippen molar-refractivity contribution in [1.82, 2.24) is 0 Å². The molecule has 0 heterocycles. The first-order valence-corrected chi connectivity index (χ1v) is 3.07. The van der Waals surface area contributed by atoms with Crippen LogP contribution in [-0.2, 0) is 3.07 Å². The third kappa shape index (κ3) is 26.2. The smallest absolute Gasteiger partial charge is 1.00 e. The second kappa shape index (κ2) is 9.63. The van der Waals surface area contributed by atoms with Crippen LogP contribution in [-0.4, -0.2) is 28.5 Å². The largest absolute Gasteiger partial charge is 1.00 e. The van der Waals surface area contributed by atoms with E-state index in [-0.39, 0.29) is 42.8 Å². The van der Waals surface area contributed by atoms with Crippen molar-refractivity contribution >= 4 is 22.9 Å². The fourth-order valence-corrected chi connectivity index (χ4v) is 0. The van der Waals surface area contributed by atoms with Crippen molar-refractivity contribution in [3.05, 3.63) is 0 Å². The van der Waals surface area contributed by atoms with E-state index in [1.807, 2.05) is 20.8 Å². The Bertz CT molecular complexity index is 45.6. The van der Waals surface area contributed by atoms with Gasteiger partial charge in [-0.25, -0.2) is 0 Å². The molecule has 0 saturated heterocycles. The zero-order valence-electron chi connectivity index (χ0n) is 5.54. The van der Waals surface area contributed by atoms with Crippen molar-refractivity contribution in [3.63, 3.8) is 0 Å². The van der Waals surface area contributed by atoms with Crippen molar-refractivity contribution in [3.8, 4) is 0 Å². The van der Waals surface area contributed by atoms with Crippen LogP contribution in [0, 0.1) is 0 Å². The van der Waals surface area contributed by atoms with Crippen molar-refractivity contribution in [2.24, 2.45) is 0 Å². The molecule has 0 aliphatic heterocycles. The number of halogens is 3. The van der Waals surface area contributed by atoms with Gasteiger partial charge in [0.2, 0.25) is 0 Å². The van der Waals surface area contributed by atoms with Crippen molar-refractivity contribution in [2.75, 3.05) is 0 Å². The fourth-order valence-electron chi connectivity index (χ4n) is 0. The van der Waals surface area contributed by atoms with Crippen molar-refractivity contribution in [2.45, 2.75) is 26.4 Å². The summed E-state index contributed by atoms with van der Waals surface area (Å²) in [6, 6.07) is 0. The predicted octanol–water partition coefficient (Wildman–Crippen LogP) is -8.10. The Morgan fingerprint density at radius 2 is 1.11 bits per heavy atom. The van der Waals surface area contributed by atoms with Gasteiger partial charge in [0.25, 0.3) is 0 Å². The minimum atomic E-state index is 0. The van der Waals surface area contributed by atoms with Gasteiger partial charge in [0.1, 0.15) is 0 Å². The number of hydrogen-bond acceptors (Lipinski definition) is 1. The molecular formula is C4H9Cl3OSn. The maximum absolute atomic E-state index is 5.03. The third-order valence-corrected chi connectivity index (χ3v) is 2.05. The molecule has 9 heavy (non-hydrogen) atoms. The molecule has 0 unspecified atom stereocenters. The normalized spacial score (nSPS) is 8.11. The Kier molecular flexibility index (Phi) is 24.0. The standard InChI is InChI=1S/C4H9O.3ClH.Sn/c1-4(2,3)5;;;;/h1-3H3;3*1H;/q-1;;;;+4/p-3. The van der Waals surface area contributed by atoms with Crippen LogP contribution in [0.4, 0.5) is 0 Å². The van der Waals surface area contributed by atoms with Gasteiger partial charge in [-0.15, -0.1) is 0 Å². The van der Waals surface area contributed by atoms with Gasteiger partial charge in [0, 0.05) is 0 Å². The Balaban J connectivity index is -0.0000000417. The summed E-state index contributed by atoms with van der Waals surface area (Å²) >= 11 is 1.15. The molecule has 5 heteroatoms. The molecule has 0 rings (SSSR count). The second-order valence-corrected chi connectivity index (χ2v) is 2.80. The Labute approximate surface area is 89.2 Å². The van der Waals surface area contributed by atoms with E-state index in [1.54, 1.807) is 0 Å². The maximum atomic E-state index is 5.03. The summed E-state index contributed by atoms with van der Waals surface area (Å²) in [6.07, 6.45) is 0. The summed E-state index contributed by atoms with van der Waals surface area (Å²) in [5, 5.41) is 0. The molecule has 0 fully saturated rings. The van der Waals surface area contributed by atoms with E-state index in [1.165, 1.54) is 0 Å². The summed E-state index contributed by atoms with van der Waals surface area (Å²) in [7, 11) is 0. The van der Waals surface area contributed by atoms with Gasteiger partial charge in [0.15, 0.2) is 0 Å². The van der Waals surface area contributed by atoms with Gasteiger partial charge >= 0.3 is 52.4 Å². The number of hydrogen-bond donors (Lipinski definition) is 0. The summed E-state index contributed by atoms with van der Waals surface area (Å²) < 4.78 is 5.03. The Morgan fingerprint density at radius 1 is 1.00 bits per heavy atom.